The number of amides is 1. The Kier molecular flexibility index (Phi) is 4.21. The summed E-state index contributed by atoms with van der Waals surface area (Å²) in [6, 6.07) is 0. The molecule has 100 valence electrons. The summed E-state index contributed by atoms with van der Waals surface area (Å²) in [6.45, 7) is -0.122. The van der Waals surface area contributed by atoms with Crippen LogP contribution in [0.1, 0.15) is 6.42 Å². The lowest BCUT2D eigenvalue weighted by Crippen LogP contribution is -2.57. The number of thioether (sulfide) groups is 2. The third-order valence-corrected chi connectivity index (χ3v) is 5.46. The summed E-state index contributed by atoms with van der Waals surface area (Å²) in [5.74, 6) is -1.26. The molecule has 0 aromatic heterocycles. The summed E-state index contributed by atoms with van der Waals surface area (Å²) < 4.78 is 0.565. The molecular formula is C10H13NO5S2. The van der Waals surface area contributed by atoms with Crippen molar-refractivity contribution in [2.75, 3.05) is 19.0 Å². The van der Waals surface area contributed by atoms with Gasteiger partial charge in [-0.2, -0.15) is 0 Å². The van der Waals surface area contributed by atoms with E-state index in [9.17, 15) is 9.59 Å². The molecule has 2 heterocycles. The minimum absolute atomic E-state index is 0.0163. The zero-order valence-corrected chi connectivity index (χ0v) is 11.0. The monoisotopic (exact) mass is 291 g/mol. The van der Waals surface area contributed by atoms with Crippen LogP contribution in [-0.2, 0) is 9.59 Å². The van der Waals surface area contributed by atoms with Crippen molar-refractivity contribution in [1.29, 1.82) is 0 Å². The summed E-state index contributed by atoms with van der Waals surface area (Å²) >= 11 is 2.58. The van der Waals surface area contributed by atoms with E-state index in [4.69, 9.17) is 15.3 Å². The van der Waals surface area contributed by atoms with Crippen LogP contribution in [0.2, 0.25) is 0 Å². The molecule has 2 atom stereocenters. The van der Waals surface area contributed by atoms with E-state index in [1.165, 1.54) is 28.4 Å². The highest BCUT2D eigenvalue weighted by Gasteiger charge is 2.55. The van der Waals surface area contributed by atoms with E-state index >= 15 is 0 Å². The molecule has 1 fully saturated rings. The molecule has 0 saturated carbocycles. The standard InChI is InChI=1S/C10H13NO5S2/c12-2-1-5-7(14)11-6(9(15)16)10(17-4-3-13)18-8(5)11/h5,8,12-13H,1-4H2,(H,15,16)/t5-,8+/m0/s1. The average Bonchev–Trinajstić information content (AvgIpc) is 2.68. The zero-order valence-electron chi connectivity index (χ0n) is 9.40. The third kappa shape index (κ3) is 2.13. The highest BCUT2D eigenvalue weighted by atomic mass is 32.2. The van der Waals surface area contributed by atoms with Crippen molar-refractivity contribution in [2.45, 2.75) is 11.8 Å². The Bertz CT molecular complexity index is 411. The number of aliphatic carboxylic acids is 1. The largest absolute Gasteiger partial charge is 0.477 e. The van der Waals surface area contributed by atoms with E-state index in [-0.39, 0.29) is 36.1 Å². The van der Waals surface area contributed by atoms with Crippen LogP contribution in [0.3, 0.4) is 0 Å². The minimum Gasteiger partial charge on any atom is -0.477 e. The van der Waals surface area contributed by atoms with Crippen molar-refractivity contribution in [3.05, 3.63) is 9.93 Å². The summed E-state index contributed by atoms with van der Waals surface area (Å²) in [5, 5.41) is 26.6. The van der Waals surface area contributed by atoms with E-state index in [1.54, 1.807) is 0 Å². The molecule has 0 radical (unpaired) electrons. The Hall–Kier alpha value is -0.700. The number of rotatable bonds is 6. The highest BCUT2D eigenvalue weighted by Crippen LogP contribution is 2.53. The first kappa shape index (κ1) is 13.7. The molecule has 1 amide bonds. The van der Waals surface area contributed by atoms with Crippen molar-refractivity contribution in [1.82, 2.24) is 4.90 Å². The Morgan fingerprint density at radius 2 is 2.11 bits per heavy atom. The van der Waals surface area contributed by atoms with Gasteiger partial charge in [0.25, 0.3) is 0 Å². The van der Waals surface area contributed by atoms with Crippen molar-refractivity contribution in [3.63, 3.8) is 0 Å². The van der Waals surface area contributed by atoms with Gasteiger partial charge in [0.05, 0.1) is 22.1 Å². The molecule has 8 heteroatoms. The van der Waals surface area contributed by atoms with Crippen molar-refractivity contribution in [2.24, 2.45) is 5.92 Å². The first-order valence-corrected chi connectivity index (χ1v) is 7.30. The van der Waals surface area contributed by atoms with Crippen LogP contribution in [-0.4, -0.2) is 56.4 Å². The number of carboxylic acid groups (broad SMARTS) is 1. The molecular weight excluding hydrogens is 278 g/mol. The second kappa shape index (κ2) is 5.52. The molecule has 0 aromatic rings. The number of nitrogens with zero attached hydrogens (tertiary/aromatic N) is 1. The van der Waals surface area contributed by atoms with Gasteiger partial charge in [-0.3, -0.25) is 9.69 Å². The number of hydrogen-bond donors (Lipinski definition) is 3. The van der Waals surface area contributed by atoms with E-state index in [2.05, 4.69) is 0 Å². The van der Waals surface area contributed by atoms with Gasteiger partial charge >= 0.3 is 5.97 Å². The van der Waals surface area contributed by atoms with E-state index < -0.39 is 5.97 Å². The molecule has 0 bridgehead atoms. The van der Waals surface area contributed by atoms with Crippen molar-refractivity contribution < 1.29 is 24.9 Å². The molecule has 0 unspecified atom stereocenters. The maximum atomic E-state index is 11.8. The van der Waals surface area contributed by atoms with E-state index in [1.807, 2.05) is 0 Å². The molecule has 2 aliphatic heterocycles. The summed E-state index contributed by atoms with van der Waals surface area (Å²) in [4.78, 5) is 24.3. The molecule has 6 nitrogen and oxygen atoms in total. The maximum Gasteiger partial charge on any atom is 0.354 e. The molecule has 0 spiro atoms. The molecule has 3 N–H and O–H groups in total. The SMILES string of the molecule is O=C(O)C1=C(SCCO)S[C@@H]2[C@@H](CCO)C(=O)N12. The van der Waals surface area contributed by atoms with Crippen LogP contribution in [0.15, 0.2) is 9.93 Å². The van der Waals surface area contributed by atoms with Gasteiger partial charge in [0.15, 0.2) is 5.70 Å². The lowest BCUT2D eigenvalue weighted by Gasteiger charge is -2.41. The Morgan fingerprint density at radius 1 is 1.39 bits per heavy atom. The van der Waals surface area contributed by atoms with Gasteiger partial charge in [-0.15, -0.1) is 11.8 Å². The number of aliphatic hydroxyl groups is 2. The molecule has 2 rings (SSSR count). The number of fused-ring (bicyclic) bond motifs is 1. The van der Waals surface area contributed by atoms with Gasteiger partial charge in [0.2, 0.25) is 5.91 Å². The maximum absolute atomic E-state index is 11.8. The molecule has 1 saturated heterocycles. The van der Waals surface area contributed by atoms with Gasteiger partial charge in [-0.1, -0.05) is 11.8 Å². The first-order chi connectivity index (χ1) is 8.61. The molecule has 0 aromatic carbocycles. The zero-order chi connectivity index (χ0) is 13.3. The van der Waals surface area contributed by atoms with Crippen LogP contribution < -0.4 is 0 Å². The lowest BCUT2D eigenvalue weighted by atomic mass is 9.94. The summed E-state index contributed by atoms with van der Waals surface area (Å²) in [5.41, 5.74) is 0.0163. The number of carbonyl (C=O) groups excluding carboxylic acids is 1. The van der Waals surface area contributed by atoms with Gasteiger partial charge in [-0.25, -0.2) is 4.79 Å². The van der Waals surface area contributed by atoms with Gasteiger partial charge in [-0.05, 0) is 6.42 Å². The first-order valence-electron chi connectivity index (χ1n) is 5.43. The fraction of sp³-hybridized carbons (Fsp3) is 0.600. The van der Waals surface area contributed by atoms with E-state index in [0.717, 1.165) is 0 Å². The second-order valence-corrected chi connectivity index (χ2v) is 6.34. The topological polar surface area (TPSA) is 98.1 Å². The number of aliphatic hydroxyl groups excluding tert-OH is 2. The number of β-lactam (4-membered cyclic amide) rings is 1. The van der Waals surface area contributed by atoms with Crippen molar-refractivity contribution in [3.8, 4) is 0 Å². The van der Waals surface area contributed by atoms with Gasteiger partial charge in [0, 0.05) is 12.4 Å². The predicted octanol–water partition coefficient (Wildman–Crippen LogP) is -0.121. The third-order valence-electron chi connectivity index (χ3n) is 2.78. The Balaban J connectivity index is 2.16. The minimum atomic E-state index is -1.12. The molecule has 18 heavy (non-hydrogen) atoms. The highest BCUT2D eigenvalue weighted by molar-refractivity contribution is 8.22. The summed E-state index contributed by atoms with van der Waals surface area (Å²) in [7, 11) is 0. The molecule has 2 aliphatic rings. The number of hydrogen-bond acceptors (Lipinski definition) is 6. The van der Waals surface area contributed by atoms with Gasteiger partial charge < -0.3 is 15.3 Å². The van der Waals surface area contributed by atoms with Crippen molar-refractivity contribution >= 4 is 35.4 Å². The number of carboxylic acids is 1. The normalized spacial score (nSPS) is 26.3. The van der Waals surface area contributed by atoms with Gasteiger partial charge in [0.1, 0.15) is 0 Å². The average molecular weight is 291 g/mol. The van der Waals surface area contributed by atoms with Crippen LogP contribution in [0.5, 0.6) is 0 Å². The lowest BCUT2D eigenvalue weighted by molar-refractivity contribution is -0.152. The smallest absolute Gasteiger partial charge is 0.354 e. The quantitative estimate of drug-likeness (QED) is 0.587. The molecule has 0 aliphatic carbocycles. The van der Waals surface area contributed by atoms with E-state index in [0.29, 0.717) is 16.4 Å². The van der Waals surface area contributed by atoms with Crippen LogP contribution in [0.4, 0.5) is 0 Å². The summed E-state index contributed by atoms with van der Waals surface area (Å²) in [6.07, 6.45) is 0.359. The van der Waals surface area contributed by atoms with Crippen LogP contribution in [0, 0.1) is 5.92 Å². The fourth-order valence-electron chi connectivity index (χ4n) is 2.00. The number of carbonyl (C=O) groups is 2. The Morgan fingerprint density at radius 3 is 2.67 bits per heavy atom. The second-order valence-electron chi connectivity index (χ2n) is 3.85. The van der Waals surface area contributed by atoms with Crippen LogP contribution in [0.25, 0.3) is 0 Å². The predicted molar refractivity (Wildman–Crippen MR) is 67.6 cm³/mol. The Labute approximate surface area is 112 Å². The van der Waals surface area contributed by atoms with Crippen LogP contribution >= 0.6 is 23.5 Å². The fourth-order valence-corrected chi connectivity index (χ4v) is 4.66.